The zero-order chi connectivity index (χ0) is 15.2. The van der Waals surface area contributed by atoms with Crippen LogP contribution in [0, 0.1) is 5.41 Å². The molecule has 0 radical (unpaired) electrons. The van der Waals surface area contributed by atoms with Gasteiger partial charge in [-0.25, -0.2) is 0 Å². The Balaban J connectivity index is 1.54. The van der Waals surface area contributed by atoms with E-state index in [2.05, 4.69) is 52.3 Å². The quantitative estimate of drug-likeness (QED) is 0.924. The largest absolute Gasteiger partial charge is 0.353 e. The summed E-state index contributed by atoms with van der Waals surface area (Å²) in [4.78, 5) is 15.1. The molecule has 22 heavy (non-hydrogen) atoms. The highest BCUT2D eigenvalue weighted by molar-refractivity contribution is 5.98. The van der Waals surface area contributed by atoms with E-state index in [0.29, 0.717) is 0 Å². The molecule has 0 aliphatic carbocycles. The van der Waals surface area contributed by atoms with Crippen LogP contribution >= 0.6 is 0 Å². The Morgan fingerprint density at radius 1 is 1.23 bits per heavy atom. The van der Waals surface area contributed by atoms with E-state index in [1.54, 1.807) is 0 Å². The third-order valence-corrected chi connectivity index (χ3v) is 5.15. The average molecular weight is 295 g/mol. The van der Waals surface area contributed by atoms with Crippen LogP contribution in [0.25, 0.3) is 0 Å². The second-order valence-electron chi connectivity index (χ2n) is 6.64. The first kappa shape index (κ1) is 13.6. The van der Waals surface area contributed by atoms with Crippen molar-refractivity contribution in [2.75, 3.05) is 18.4 Å². The lowest BCUT2D eigenvalue weighted by Gasteiger charge is -2.33. The Hall–Kier alpha value is -2.07. The Bertz CT molecular complexity index is 721. The molecule has 1 fully saturated rings. The van der Waals surface area contributed by atoms with Crippen molar-refractivity contribution in [2.24, 2.45) is 12.5 Å². The number of anilines is 1. The SMILES string of the molecule is Cn1cccc1CN1CCC2(Cc3ccccc3NC2=O)C1. The molecule has 1 spiro atoms. The van der Waals surface area contributed by atoms with Gasteiger partial charge in [-0.05, 0) is 43.1 Å². The van der Waals surface area contributed by atoms with E-state index in [-0.39, 0.29) is 11.3 Å². The van der Waals surface area contributed by atoms with Crippen molar-refractivity contribution in [3.8, 4) is 0 Å². The van der Waals surface area contributed by atoms with Gasteiger partial charge in [-0.2, -0.15) is 0 Å². The highest BCUT2D eigenvalue weighted by Gasteiger charge is 2.47. The molecule has 0 saturated carbocycles. The molecule has 4 nitrogen and oxygen atoms in total. The molecule has 3 heterocycles. The fourth-order valence-electron chi connectivity index (χ4n) is 3.81. The molecule has 1 saturated heterocycles. The van der Waals surface area contributed by atoms with Gasteiger partial charge >= 0.3 is 0 Å². The van der Waals surface area contributed by atoms with Crippen molar-refractivity contribution in [1.29, 1.82) is 0 Å². The van der Waals surface area contributed by atoms with Crippen LogP contribution in [0.5, 0.6) is 0 Å². The molecule has 4 heteroatoms. The number of fused-ring (bicyclic) bond motifs is 1. The lowest BCUT2D eigenvalue weighted by Crippen LogP contribution is -2.43. The van der Waals surface area contributed by atoms with Crippen LogP contribution < -0.4 is 5.32 Å². The lowest BCUT2D eigenvalue weighted by molar-refractivity contribution is -0.125. The average Bonchev–Trinajstić information content (AvgIpc) is 3.09. The number of aryl methyl sites for hydroxylation is 1. The third-order valence-electron chi connectivity index (χ3n) is 5.15. The molecule has 2 aliphatic heterocycles. The lowest BCUT2D eigenvalue weighted by atomic mass is 9.77. The second-order valence-corrected chi connectivity index (χ2v) is 6.64. The van der Waals surface area contributed by atoms with E-state index in [9.17, 15) is 4.79 Å². The molecule has 1 unspecified atom stereocenters. The number of aromatic nitrogens is 1. The molecule has 2 aliphatic rings. The summed E-state index contributed by atoms with van der Waals surface area (Å²) in [6.07, 6.45) is 3.88. The normalized spacial score (nSPS) is 24.5. The summed E-state index contributed by atoms with van der Waals surface area (Å²) in [6.45, 7) is 2.75. The number of nitrogens with zero attached hydrogens (tertiary/aromatic N) is 2. The number of carbonyl (C=O) groups is 1. The molecule has 4 rings (SSSR count). The van der Waals surface area contributed by atoms with Crippen molar-refractivity contribution in [1.82, 2.24) is 9.47 Å². The maximum atomic E-state index is 12.7. The van der Waals surface area contributed by atoms with Gasteiger partial charge in [0, 0.05) is 37.7 Å². The summed E-state index contributed by atoms with van der Waals surface area (Å²) in [6, 6.07) is 12.4. The zero-order valence-corrected chi connectivity index (χ0v) is 12.9. The van der Waals surface area contributed by atoms with Crippen LogP contribution in [0.3, 0.4) is 0 Å². The highest BCUT2D eigenvalue weighted by Crippen LogP contribution is 2.41. The molecule has 1 aromatic heterocycles. The van der Waals surface area contributed by atoms with Crippen molar-refractivity contribution < 1.29 is 4.79 Å². The van der Waals surface area contributed by atoms with E-state index in [0.717, 1.165) is 38.2 Å². The van der Waals surface area contributed by atoms with E-state index < -0.39 is 0 Å². The first-order valence-electron chi connectivity index (χ1n) is 7.88. The summed E-state index contributed by atoms with van der Waals surface area (Å²) >= 11 is 0. The summed E-state index contributed by atoms with van der Waals surface area (Å²) in [5.74, 6) is 0.195. The minimum absolute atomic E-state index is 0.195. The maximum absolute atomic E-state index is 12.7. The number of likely N-dealkylation sites (tertiary alicyclic amines) is 1. The number of para-hydroxylation sites is 1. The predicted molar refractivity (Wildman–Crippen MR) is 86.5 cm³/mol. The van der Waals surface area contributed by atoms with Crippen LogP contribution in [-0.2, 0) is 24.8 Å². The van der Waals surface area contributed by atoms with Gasteiger partial charge in [-0.15, -0.1) is 0 Å². The Kier molecular flexibility index (Phi) is 3.08. The molecule has 114 valence electrons. The standard InChI is InChI=1S/C18H21N3O/c1-20-9-4-6-15(20)12-21-10-8-18(13-21)11-14-5-2-3-7-16(14)19-17(18)22/h2-7,9H,8,10-13H2,1H3,(H,19,22). The van der Waals surface area contributed by atoms with E-state index in [1.165, 1.54) is 11.3 Å². The number of carbonyl (C=O) groups excluding carboxylic acids is 1. The van der Waals surface area contributed by atoms with Gasteiger partial charge in [-0.1, -0.05) is 18.2 Å². The summed E-state index contributed by atoms with van der Waals surface area (Å²) < 4.78 is 2.15. The molecular formula is C18H21N3O. The van der Waals surface area contributed by atoms with Gasteiger partial charge in [0.05, 0.1) is 5.41 Å². The van der Waals surface area contributed by atoms with E-state index in [4.69, 9.17) is 0 Å². The molecular weight excluding hydrogens is 274 g/mol. The van der Waals surface area contributed by atoms with Crippen molar-refractivity contribution in [3.05, 3.63) is 53.9 Å². The molecule has 1 N–H and O–H groups in total. The Morgan fingerprint density at radius 2 is 2.09 bits per heavy atom. The van der Waals surface area contributed by atoms with Crippen molar-refractivity contribution >= 4 is 11.6 Å². The van der Waals surface area contributed by atoms with E-state index >= 15 is 0 Å². The maximum Gasteiger partial charge on any atom is 0.232 e. The number of nitrogens with one attached hydrogen (secondary N) is 1. The second kappa shape index (κ2) is 4.99. The summed E-state index contributed by atoms with van der Waals surface area (Å²) in [5.41, 5.74) is 3.30. The van der Waals surface area contributed by atoms with Crippen LogP contribution in [0.2, 0.25) is 0 Å². The van der Waals surface area contributed by atoms with Crippen LogP contribution in [0.4, 0.5) is 5.69 Å². The number of hydrogen-bond donors (Lipinski definition) is 1. The fourth-order valence-corrected chi connectivity index (χ4v) is 3.81. The third kappa shape index (κ3) is 2.15. The fraction of sp³-hybridized carbons (Fsp3) is 0.389. The van der Waals surface area contributed by atoms with Gasteiger partial charge in [0.25, 0.3) is 0 Å². The topological polar surface area (TPSA) is 37.3 Å². The molecule has 1 amide bonds. The Labute approximate surface area is 130 Å². The van der Waals surface area contributed by atoms with Crippen LogP contribution in [0.15, 0.2) is 42.6 Å². The van der Waals surface area contributed by atoms with Crippen LogP contribution in [0.1, 0.15) is 17.7 Å². The molecule has 1 aromatic carbocycles. The van der Waals surface area contributed by atoms with Crippen LogP contribution in [-0.4, -0.2) is 28.5 Å². The summed E-state index contributed by atoms with van der Waals surface area (Å²) in [5, 5.41) is 3.11. The number of amides is 1. The van der Waals surface area contributed by atoms with E-state index in [1.807, 2.05) is 12.1 Å². The van der Waals surface area contributed by atoms with Gasteiger partial charge < -0.3 is 9.88 Å². The molecule has 0 bridgehead atoms. The number of hydrogen-bond acceptors (Lipinski definition) is 2. The number of rotatable bonds is 2. The van der Waals surface area contributed by atoms with Gasteiger partial charge in [0.2, 0.25) is 5.91 Å². The minimum atomic E-state index is -0.250. The smallest absolute Gasteiger partial charge is 0.232 e. The number of benzene rings is 1. The first-order valence-corrected chi connectivity index (χ1v) is 7.88. The zero-order valence-electron chi connectivity index (χ0n) is 12.9. The first-order chi connectivity index (χ1) is 10.7. The molecule has 1 atom stereocenters. The molecule has 2 aromatic rings. The van der Waals surface area contributed by atoms with Gasteiger partial charge in [-0.3, -0.25) is 9.69 Å². The van der Waals surface area contributed by atoms with Crippen molar-refractivity contribution in [3.63, 3.8) is 0 Å². The van der Waals surface area contributed by atoms with Gasteiger partial charge in [0.1, 0.15) is 0 Å². The van der Waals surface area contributed by atoms with Gasteiger partial charge in [0.15, 0.2) is 0 Å². The summed E-state index contributed by atoms with van der Waals surface area (Å²) in [7, 11) is 2.07. The van der Waals surface area contributed by atoms with Crippen molar-refractivity contribution in [2.45, 2.75) is 19.4 Å². The minimum Gasteiger partial charge on any atom is -0.353 e. The Morgan fingerprint density at radius 3 is 2.91 bits per heavy atom. The highest BCUT2D eigenvalue weighted by atomic mass is 16.2. The predicted octanol–water partition coefficient (Wildman–Crippen LogP) is 2.41. The monoisotopic (exact) mass is 295 g/mol.